The molecule has 1 aliphatic carbocycles. The quantitative estimate of drug-likeness (QED) is 0.727. The van der Waals surface area contributed by atoms with Gasteiger partial charge in [0.1, 0.15) is 12.1 Å². The molecular formula is C15H20BrF2NO2S. The van der Waals surface area contributed by atoms with E-state index in [-0.39, 0.29) is 5.25 Å². The Morgan fingerprint density at radius 3 is 2.77 bits per heavy atom. The summed E-state index contributed by atoms with van der Waals surface area (Å²) >= 11 is 3.33. The molecule has 0 aliphatic heterocycles. The van der Waals surface area contributed by atoms with Gasteiger partial charge in [0.25, 0.3) is 5.92 Å². The molecule has 1 aromatic rings. The van der Waals surface area contributed by atoms with Gasteiger partial charge in [0.15, 0.2) is 0 Å². The van der Waals surface area contributed by atoms with Crippen LogP contribution in [0.5, 0.6) is 0 Å². The molecule has 0 radical (unpaired) electrons. The molecule has 2 N–H and O–H groups in total. The molecule has 0 saturated heterocycles. The Bertz CT molecular complexity index is 572. The summed E-state index contributed by atoms with van der Waals surface area (Å²) in [6.07, 6.45) is 0.992. The minimum atomic E-state index is -3.45. The summed E-state index contributed by atoms with van der Waals surface area (Å²) in [5, 5.41) is 9.00. The lowest BCUT2D eigenvalue weighted by molar-refractivity contribution is -0.116. The molecule has 0 heterocycles. The largest absolute Gasteiger partial charge is 0.390 e. The third-order valence-electron chi connectivity index (χ3n) is 4.29. The molecule has 0 amide bonds. The molecule has 22 heavy (non-hydrogen) atoms. The van der Waals surface area contributed by atoms with Gasteiger partial charge < -0.3 is 5.11 Å². The monoisotopic (exact) mass is 395 g/mol. The molecule has 2 unspecified atom stereocenters. The van der Waals surface area contributed by atoms with Gasteiger partial charge in [0.2, 0.25) is 0 Å². The second-order valence-corrected chi connectivity index (χ2v) is 8.33. The van der Waals surface area contributed by atoms with E-state index in [2.05, 4.69) is 20.7 Å². The first-order valence-corrected chi connectivity index (χ1v) is 9.32. The minimum absolute atomic E-state index is 0.265. The number of hydrogen-bond acceptors (Lipinski definition) is 2. The van der Waals surface area contributed by atoms with E-state index in [9.17, 15) is 18.1 Å². The van der Waals surface area contributed by atoms with Crippen LogP contribution in [0.4, 0.5) is 8.78 Å². The Morgan fingerprint density at radius 2 is 2.18 bits per heavy atom. The lowest BCUT2D eigenvalue weighted by Gasteiger charge is -2.40. The number of aliphatic hydroxyl groups is 1. The maximum absolute atomic E-state index is 14.7. The number of halogens is 3. The molecule has 3 nitrogen and oxygen atoms in total. The number of fused-ring (bicyclic) bond motifs is 1. The fourth-order valence-corrected chi connectivity index (χ4v) is 5.17. The highest BCUT2D eigenvalue weighted by molar-refractivity contribution is 9.09. The van der Waals surface area contributed by atoms with E-state index < -0.39 is 33.9 Å². The van der Waals surface area contributed by atoms with Crippen molar-refractivity contribution < 1.29 is 18.1 Å². The Balaban J connectivity index is 2.55. The number of benzene rings is 1. The van der Waals surface area contributed by atoms with Crippen molar-refractivity contribution in [1.82, 2.24) is 4.72 Å². The molecule has 0 aromatic heterocycles. The molecule has 0 fully saturated rings. The molecule has 2 rings (SSSR count). The number of hydrogen-bond donors (Lipinski definition) is 2. The molecule has 0 bridgehead atoms. The van der Waals surface area contributed by atoms with Crippen molar-refractivity contribution in [2.75, 3.05) is 6.61 Å². The van der Waals surface area contributed by atoms with E-state index in [0.717, 1.165) is 5.56 Å². The average Bonchev–Trinajstić information content (AvgIpc) is 2.80. The zero-order valence-corrected chi connectivity index (χ0v) is 14.9. The Kier molecular flexibility index (Phi) is 5.42. The smallest absolute Gasteiger partial charge is 0.294 e. The summed E-state index contributed by atoms with van der Waals surface area (Å²) in [7, 11) is -1.64. The topological polar surface area (TPSA) is 49.3 Å². The summed E-state index contributed by atoms with van der Waals surface area (Å²) in [5.41, 5.74) is -0.717. The van der Waals surface area contributed by atoms with Crippen molar-refractivity contribution in [1.29, 1.82) is 0 Å². The van der Waals surface area contributed by atoms with Gasteiger partial charge in [0.05, 0.1) is 11.0 Å². The third-order valence-corrected chi connectivity index (χ3v) is 6.89. The molecule has 0 saturated carbocycles. The Labute approximate surface area is 140 Å². The van der Waals surface area contributed by atoms with Crippen LogP contribution in [0.15, 0.2) is 24.3 Å². The molecule has 0 spiro atoms. The number of alkyl halides is 3. The van der Waals surface area contributed by atoms with E-state index in [1.807, 2.05) is 6.92 Å². The normalized spacial score (nSPS) is 27.5. The predicted octanol–water partition coefficient (Wildman–Crippen LogP) is 2.88. The second-order valence-electron chi connectivity index (χ2n) is 5.62. The predicted molar refractivity (Wildman–Crippen MR) is 87.6 cm³/mol. The van der Waals surface area contributed by atoms with Crippen LogP contribution in [0, 0.1) is 0 Å². The SMILES string of the molecule is CC[C@@H](C)S(=O)N[C@@]1(C(F)(F)CO)c2ccccc2CC1Br. The van der Waals surface area contributed by atoms with Crippen molar-refractivity contribution in [2.45, 2.75) is 48.2 Å². The van der Waals surface area contributed by atoms with E-state index in [4.69, 9.17) is 0 Å². The molecular weight excluding hydrogens is 376 g/mol. The lowest BCUT2D eigenvalue weighted by Crippen LogP contribution is -2.62. The number of rotatable bonds is 6. The van der Waals surface area contributed by atoms with Crippen molar-refractivity contribution >= 4 is 26.9 Å². The van der Waals surface area contributed by atoms with Gasteiger partial charge in [-0.3, -0.25) is 0 Å². The van der Waals surface area contributed by atoms with Gasteiger partial charge in [-0.15, -0.1) is 0 Å². The molecule has 1 aliphatic rings. The highest BCUT2D eigenvalue weighted by Gasteiger charge is 2.62. The van der Waals surface area contributed by atoms with Crippen LogP contribution in [-0.4, -0.2) is 31.9 Å². The fourth-order valence-electron chi connectivity index (χ4n) is 2.75. The standard InChI is InChI=1S/C15H20BrF2NO2S/c1-3-10(2)22(21)19-15(14(17,18)9-20)12-7-5-4-6-11(12)8-13(15)16/h4-7,10,13,19-20H,3,8-9H2,1-2H3/t10-,13?,15+,22?/m1/s1. The Morgan fingerprint density at radius 1 is 1.55 bits per heavy atom. The van der Waals surface area contributed by atoms with E-state index in [0.29, 0.717) is 18.4 Å². The average molecular weight is 396 g/mol. The summed E-state index contributed by atoms with van der Waals surface area (Å²) in [5.74, 6) is -3.45. The lowest BCUT2D eigenvalue weighted by atomic mass is 9.86. The zero-order valence-electron chi connectivity index (χ0n) is 12.5. The first-order chi connectivity index (χ1) is 10.3. The summed E-state index contributed by atoms with van der Waals surface area (Å²) in [6.45, 7) is 2.29. The van der Waals surface area contributed by atoms with Crippen molar-refractivity contribution in [2.24, 2.45) is 0 Å². The third kappa shape index (κ3) is 2.77. The first kappa shape index (κ1) is 18.0. The maximum Gasteiger partial charge on any atom is 0.294 e. The maximum atomic E-state index is 14.7. The van der Waals surface area contributed by atoms with Crippen LogP contribution in [-0.2, 0) is 22.9 Å². The number of aliphatic hydroxyl groups excluding tert-OH is 1. The van der Waals surface area contributed by atoms with Gasteiger partial charge in [-0.2, -0.15) is 0 Å². The molecule has 4 atom stereocenters. The fraction of sp³-hybridized carbons (Fsp3) is 0.600. The van der Waals surface area contributed by atoms with E-state index in [1.165, 1.54) is 0 Å². The number of nitrogens with one attached hydrogen (secondary N) is 1. The van der Waals surface area contributed by atoms with E-state index in [1.54, 1.807) is 31.2 Å². The van der Waals surface area contributed by atoms with Gasteiger partial charge in [-0.05, 0) is 30.9 Å². The van der Waals surface area contributed by atoms with Crippen LogP contribution in [0.25, 0.3) is 0 Å². The van der Waals surface area contributed by atoms with Gasteiger partial charge in [-0.25, -0.2) is 17.7 Å². The summed E-state index contributed by atoms with van der Waals surface area (Å²) in [4.78, 5) is -0.660. The second kappa shape index (κ2) is 6.63. The van der Waals surface area contributed by atoms with Gasteiger partial charge >= 0.3 is 0 Å². The van der Waals surface area contributed by atoms with Crippen molar-refractivity contribution in [3.05, 3.63) is 35.4 Å². The summed E-state index contributed by atoms with van der Waals surface area (Å²) in [6, 6.07) is 6.87. The van der Waals surface area contributed by atoms with Crippen LogP contribution < -0.4 is 4.72 Å². The highest BCUT2D eigenvalue weighted by Crippen LogP contribution is 2.50. The first-order valence-electron chi connectivity index (χ1n) is 7.19. The zero-order chi connectivity index (χ0) is 16.5. The van der Waals surface area contributed by atoms with Crippen molar-refractivity contribution in [3.8, 4) is 0 Å². The van der Waals surface area contributed by atoms with E-state index >= 15 is 0 Å². The highest BCUT2D eigenvalue weighted by atomic mass is 79.9. The van der Waals surface area contributed by atoms with Crippen LogP contribution >= 0.6 is 15.9 Å². The molecule has 7 heteroatoms. The van der Waals surface area contributed by atoms with Crippen molar-refractivity contribution in [3.63, 3.8) is 0 Å². The van der Waals surface area contributed by atoms with Gasteiger partial charge in [-0.1, -0.05) is 47.1 Å². The van der Waals surface area contributed by atoms with Gasteiger partial charge in [0, 0.05) is 10.1 Å². The Hall–Kier alpha value is -0.370. The summed E-state index contributed by atoms with van der Waals surface area (Å²) < 4.78 is 44.5. The molecule has 1 aromatic carbocycles. The van der Waals surface area contributed by atoms with Crippen LogP contribution in [0.1, 0.15) is 31.4 Å². The van der Waals surface area contributed by atoms with Crippen LogP contribution in [0.2, 0.25) is 0 Å². The molecule has 124 valence electrons. The van der Waals surface area contributed by atoms with Crippen LogP contribution in [0.3, 0.4) is 0 Å². The minimum Gasteiger partial charge on any atom is -0.390 e.